The lowest BCUT2D eigenvalue weighted by molar-refractivity contribution is 0.586. The fourth-order valence-corrected chi connectivity index (χ4v) is 1.91. The van der Waals surface area contributed by atoms with Crippen LogP contribution < -0.4 is 10.2 Å². The van der Waals surface area contributed by atoms with Crippen molar-refractivity contribution in [3.8, 4) is 0 Å². The predicted molar refractivity (Wildman–Crippen MR) is 73.6 cm³/mol. The molecular formula is C13H24N4. The van der Waals surface area contributed by atoms with Gasteiger partial charge in [-0.3, -0.25) is 0 Å². The Morgan fingerprint density at radius 2 is 1.94 bits per heavy atom. The maximum atomic E-state index is 4.34. The first-order valence-electron chi connectivity index (χ1n) is 6.51. The van der Waals surface area contributed by atoms with Crippen molar-refractivity contribution in [2.45, 2.75) is 46.1 Å². The second-order valence-corrected chi connectivity index (χ2v) is 4.27. The van der Waals surface area contributed by atoms with Gasteiger partial charge in [0, 0.05) is 25.7 Å². The first-order chi connectivity index (χ1) is 8.22. The number of aromatic nitrogens is 2. The Labute approximate surface area is 104 Å². The molecule has 0 fully saturated rings. The summed E-state index contributed by atoms with van der Waals surface area (Å²) in [4.78, 5) is 10.8. The van der Waals surface area contributed by atoms with Gasteiger partial charge in [-0.2, -0.15) is 0 Å². The van der Waals surface area contributed by atoms with Crippen LogP contribution >= 0.6 is 0 Å². The second kappa shape index (κ2) is 7.09. The number of rotatable bonds is 7. The monoisotopic (exact) mass is 236 g/mol. The third-order valence-electron chi connectivity index (χ3n) is 3.06. The van der Waals surface area contributed by atoms with Crippen molar-refractivity contribution in [3.63, 3.8) is 0 Å². The summed E-state index contributed by atoms with van der Waals surface area (Å²) in [6.07, 6.45) is 5.00. The van der Waals surface area contributed by atoms with E-state index in [-0.39, 0.29) is 0 Å². The maximum absolute atomic E-state index is 4.34. The molecule has 0 atom stereocenters. The summed E-state index contributed by atoms with van der Waals surface area (Å²) in [7, 11) is 2.10. The summed E-state index contributed by atoms with van der Waals surface area (Å²) >= 11 is 0. The lowest BCUT2D eigenvalue weighted by Gasteiger charge is -2.27. The van der Waals surface area contributed by atoms with Crippen LogP contribution in [0.15, 0.2) is 12.4 Å². The van der Waals surface area contributed by atoms with Crippen LogP contribution in [0.4, 0.5) is 11.6 Å². The van der Waals surface area contributed by atoms with Gasteiger partial charge in [0.05, 0.1) is 0 Å². The highest BCUT2D eigenvalue weighted by Gasteiger charge is 2.12. The molecule has 0 aromatic carbocycles. The molecule has 1 N–H and O–H groups in total. The molecule has 96 valence electrons. The Bertz CT molecular complexity index is 323. The van der Waals surface area contributed by atoms with Crippen LogP contribution in [-0.4, -0.2) is 29.6 Å². The van der Waals surface area contributed by atoms with Crippen LogP contribution in [0.25, 0.3) is 0 Å². The summed E-state index contributed by atoms with van der Waals surface area (Å²) in [5.41, 5.74) is 0. The van der Waals surface area contributed by atoms with Crippen molar-refractivity contribution in [2.75, 3.05) is 23.8 Å². The second-order valence-electron chi connectivity index (χ2n) is 4.27. The zero-order chi connectivity index (χ0) is 12.7. The highest BCUT2D eigenvalue weighted by atomic mass is 15.2. The molecule has 0 aliphatic rings. The highest BCUT2D eigenvalue weighted by molar-refractivity contribution is 5.48. The van der Waals surface area contributed by atoms with Gasteiger partial charge in [0.15, 0.2) is 0 Å². The molecule has 1 heterocycles. The molecule has 17 heavy (non-hydrogen) atoms. The van der Waals surface area contributed by atoms with Crippen LogP contribution in [-0.2, 0) is 0 Å². The molecule has 4 heteroatoms. The molecule has 0 saturated carbocycles. The SMILES string of the molecule is CCCNc1cc(N(C)C(CC)CC)ncn1. The van der Waals surface area contributed by atoms with Crippen LogP contribution in [0.3, 0.4) is 0 Å². The molecule has 0 unspecified atom stereocenters. The van der Waals surface area contributed by atoms with Gasteiger partial charge in [-0.25, -0.2) is 9.97 Å². The van der Waals surface area contributed by atoms with Gasteiger partial charge in [-0.1, -0.05) is 20.8 Å². The van der Waals surface area contributed by atoms with Crippen molar-refractivity contribution in [3.05, 3.63) is 12.4 Å². The van der Waals surface area contributed by atoms with E-state index < -0.39 is 0 Å². The third kappa shape index (κ3) is 3.88. The van der Waals surface area contributed by atoms with E-state index >= 15 is 0 Å². The minimum absolute atomic E-state index is 0.545. The minimum Gasteiger partial charge on any atom is -0.370 e. The smallest absolute Gasteiger partial charge is 0.134 e. The van der Waals surface area contributed by atoms with E-state index in [0.29, 0.717) is 6.04 Å². The van der Waals surface area contributed by atoms with Crippen molar-refractivity contribution in [1.82, 2.24) is 9.97 Å². The Hall–Kier alpha value is -1.32. The Kier molecular flexibility index (Phi) is 5.73. The highest BCUT2D eigenvalue weighted by Crippen LogP contribution is 2.17. The number of hydrogen-bond acceptors (Lipinski definition) is 4. The molecule has 4 nitrogen and oxygen atoms in total. The number of anilines is 2. The fraction of sp³-hybridized carbons (Fsp3) is 0.692. The lowest BCUT2D eigenvalue weighted by atomic mass is 10.1. The average molecular weight is 236 g/mol. The van der Waals surface area contributed by atoms with E-state index in [0.717, 1.165) is 37.4 Å². The van der Waals surface area contributed by atoms with Crippen LogP contribution in [0.5, 0.6) is 0 Å². The Morgan fingerprint density at radius 3 is 2.53 bits per heavy atom. The topological polar surface area (TPSA) is 41.0 Å². The van der Waals surface area contributed by atoms with Gasteiger partial charge < -0.3 is 10.2 Å². The summed E-state index contributed by atoms with van der Waals surface area (Å²) in [6, 6.07) is 2.57. The Morgan fingerprint density at radius 1 is 1.24 bits per heavy atom. The zero-order valence-corrected chi connectivity index (χ0v) is 11.4. The fourth-order valence-electron chi connectivity index (χ4n) is 1.91. The van der Waals surface area contributed by atoms with Gasteiger partial charge >= 0.3 is 0 Å². The van der Waals surface area contributed by atoms with Crippen LogP contribution in [0.2, 0.25) is 0 Å². The minimum atomic E-state index is 0.545. The van der Waals surface area contributed by atoms with E-state index in [1.165, 1.54) is 0 Å². The van der Waals surface area contributed by atoms with Crippen molar-refractivity contribution >= 4 is 11.6 Å². The molecule has 1 aromatic heterocycles. The van der Waals surface area contributed by atoms with Crippen molar-refractivity contribution in [1.29, 1.82) is 0 Å². The van der Waals surface area contributed by atoms with Crippen LogP contribution in [0.1, 0.15) is 40.0 Å². The van der Waals surface area contributed by atoms with E-state index in [1.807, 2.05) is 6.07 Å². The molecule has 0 amide bonds. The van der Waals surface area contributed by atoms with Gasteiger partial charge in [0.25, 0.3) is 0 Å². The molecule has 0 radical (unpaired) electrons. The largest absolute Gasteiger partial charge is 0.370 e. The Balaban J connectivity index is 2.75. The number of hydrogen-bond donors (Lipinski definition) is 1. The van der Waals surface area contributed by atoms with E-state index in [2.05, 4.69) is 48.0 Å². The first kappa shape index (κ1) is 13.7. The van der Waals surface area contributed by atoms with Crippen LogP contribution in [0, 0.1) is 0 Å². The summed E-state index contributed by atoms with van der Waals surface area (Å²) in [5, 5.41) is 3.29. The molecule has 0 spiro atoms. The van der Waals surface area contributed by atoms with E-state index in [9.17, 15) is 0 Å². The molecule has 0 aliphatic heterocycles. The molecular weight excluding hydrogens is 212 g/mol. The van der Waals surface area contributed by atoms with E-state index in [4.69, 9.17) is 0 Å². The molecule has 0 bridgehead atoms. The summed E-state index contributed by atoms with van der Waals surface area (Å²) in [6.45, 7) is 7.51. The summed E-state index contributed by atoms with van der Waals surface area (Å²) < 4.78 is 0. The first-order valence-corrected chi connectivity index (χ1v) is 6.51. The predicted octanol–water partition coefficient (Wildman–Crippen LogP) is 2.92. The normalized spacial score (nSPS) is 10.6. The number of nitrogens with zero attached hydrogens (tertiary/aromatic N) is 3. The van der Waals surface area contributed by atoms with E-state index in [1.54, 1.807) is 6.33 Å². The summed E-state index contributed by atoms with van der Waals surface area (Å²) in [5.74, 6) is 1.90. The maximum Gasteiger partial charge on any atom is 0.134 e. The van der Waals surface area contributed by atoms with Crippen molar-refractivity contribution < 1.29 is 0 Å². The standard InChI is InChI=1S/C13H24N4/c1-5-8-14-12-9-13(16-10-15-12)17(4)11(6-2)7-3/h9-11H,5-8H2,1-4H3,(H,14,15,16). The third-order valence-corrected chi connectivity index (χ3v) is 3.06. The van der Waals surface area contributed by atoms with Gasteiger partial charge in [-0.05, 0) is 19.3 Å². The molecule has 1 rings (SSSR count). The van der Waals surface area contributed by atoms with Crippen molar-refractivity contribution in [2.24, 2.45) is 0 Å². The van der Waals surface area contributed by atoms with Gasteiger partial charge in [0.2, 0.25) is 0 Å². The average Bonchev–Trinajstić information content (AvgIpc) is 2.38. The molecule has 1 aromatic rings. The zero-order valence-electron chi connectivity index (χ0n) is 11.4. The lowest BCUT2D eigenvalue weighted by Crippen LogP contribution is -2.31. The quantitative estimate of drug-likeness (QED) is 0.790. The van der Waals surface area contributed by atoms with Gasteiger partial charge in [0.1, 0.15) is 18.0 Å². The molecule has 0 aliphatic carbocycles. The van der Waals surface area contributed by atoms with Gasteiger partial charge in [-0.15, -0.1) is 0 Å². The molecule has 0 saturated heterocycles. The number of nitrogens with one attached hydrogen (secondary N) is 1.